The lowest BCUT2D eigenvalue weighted by Crippen LogP contribution is -2.55. The average molecular weight is 376 g/mol. The second-order valence-electron chi connectivity index (χ2n) is 7.63. The molecule has 3 rings (SSSR count). The number of amides is 4. The number of carbonyl (C=O) groups excluding carboxylic acids is 3. The van der Waals surface area contributed by atoms with E-state index in [0.717, 1.165) is 24.5 Å². The number of hydrogen-bond donors (Lipinski definition) is 2. The highest BCUT2D eigenvalue weighted by Crippen LogP contribution is 2.29. The number of urea groups is 1. The number of imide groups is 1. The summed E-state index contributed by atoms with van der Waals surface area (Å²) in [6, 6.07) is 5.18. The fraction of sp³-hybridized carbons (Fsp3) is 0.526. The van der Waals surface area contributed by atoms with Crippen LogP contribution in [0.4, 0.5) is 14.9 Å². The van der Waals surface area contributed by atoms with E-state index in [2.05, 4.69) is 29.4 Å². The normalized spacial score (nSPS) is 19.6. The van der Waals surface area contributed by atoms with Crippen molar-refractivity contribution in [3.05, 3.63) is 30.1 Å². The van der Waals surface area contributed by atoms with Crippen molar-refractivity contribution >= 4 is 23.5 Å². The number of piperidine rings is 1. The van der Waals surface area contributed by atoms with Crippen molar-refractivity contribution in [3.63, 3.8) is 0 Å². The Morgan fingerprint density at radius 2 is 1.93 bits per heavy atom. The van der Waals surface area contributed by atoms with Gasteiger partial charge in [-0.1, -0.05) is 26.0 Å². The SMILES string of the molecule is CC(C)CN1CCC2(CC1)NC(=O)N(CC(=O)Nc1ccccc1F)C2=O. The van der Waals surface area contributed by atoms with E-state index < -0.39 is 29.8 Å². The first-order chi connectivity index (χ1) is 12.8. The van der Waals surface area contributed by atoms with Gasteiger partial charge in [-0.25, -0.2) is 9.18 Å². The van der Waals surface area contributed by atoms with Gasteiger partial charge < -0.3 is 15.5 Å². The molecule has 0 radical (unpaired) electrons. The molecule has 1 aromatic carbocycles. The van der Waals surface area contributed by atoms with Crippen molar-refractivity contribution in [1.82, 2.24) is 15.1 Å². The highest BCUT2D eigenvalue weighted by atomic mass is 19.1. The highest BCUT2D eigenvalue weighted by molar-refractivity contribution is 6.10. The van der Waals surface area contributed by atoms with Gasteiger partial charge in [0.05, 0.1) is 5.69 Å². The molecule has 8 heteroatoms. The summed E-state index contributed by atoms with van der Waals surface area (Å²) in [6.07, 6.45) is 1.05. The van der Waals surface area contributed by atoms with E-state index in [-0.39, 0.29) is 11.6 Å². The Bertz CT molecular complexity index is 744. The van der Waals surface area contributed by atoms with Crippen LogP contribution in [0.2, 0.25) is 0 Å². The molecule has 146 valence electrons. The predicted molar refractivity (Wildman–Crippen MR) is 98.5 cm³/mol. The van der Waals surface area contributed by atoms with E-state index in [0.29, 0.717) is 18.8 Å². The zero-order chi connectivity index (χ0) is 19.6. The molecular formula is C19H25FN4O3. The van der Waals surface area contributed by atoms with Crippen molar-refractivity contribution in [2.45, 2.75) is 32.2 Å². The topological polar surface area (TPSA) is 81.8 Å². The van der Waals surface area contributed by atoms with Crippen LogP contribution in [0.5, 0.6) is 0 Å². The standard InChI is InChI=1S/C19H25FN4O3/c1-13(2)11-23-9-7-19(8-10-23)17(26)24(18(27)22-19)12-16(25)21-15-6-4-3-5-14(15)20/h3-6,13H,7-12H2,1-2H3,(H,21,25)(H,22,27). The molecule has 2 aliphatic heterocycles. The van der Waals surface area contributed by atoms with Gasteiger partial charge in [-0.2, -0.15) is 0 Å². The highest BCUT2D eigenvalue weighted by Gasteiger charge is 2.52. The molecule has 7 nitrogen and oxygen atoms in total. The molecule has 0 atom stereocenters. The third kappa shape index (κ3) is 4.10. The molecule has 0 aliphatic carbocycles. The fourth-order valence-electron chi connectivity index (χ4n) is 3.69. The molecule has 4 amide bonds. The van der Waals surface area contributed by atoms with E-state index in [4.69, 9.17) is 0 Å². The Labute approximate surface area is 157 Å². The summed E-state index contributed by atoms with van der Waals surface area (Å²) in [4.78, 5) is 40.5. The van der Waals surface area contributed by atoms with E-state index in [1.54, 1.807) is 6.07 Å². The minimum atomic E-state index is -0.928. The Kier molecular flexibility index (Phi) is 5.46. The molecular weight excluding hydrogens is 351 g/mol. The van der Waals surface area contributed by atoms with Crippen LogP contribution in [0, 0.1) is 11.7 Å². The number of carbonyl (C=O) groups is 3. The molecule has 27 heavy (non-hydrogen) atoms. The lowest BCUT2D eigenvalue weighted by Gasteiger charge is -2.37. The summed E-state index contributed by atoms with van der Waals surface area (Å²) in [5.41, 5.74) is -0.908. The second-order valence-corrected chi connectivity index (χ2v) is 7.63. The van der Waals surface area contributed by atoms with Crippen molar-refractivity contribution in [2.75, 3.05) is 31.5 Å². The Morgan fingerprint density at radius 3 is 2.56 bits per heavy atom. The first-order valence-electron chi connectivity index (χ1n) is 9.21. The van der Waals surface area contributed by atoms with Crippen LogP contribution >= 0.6 is 0 Å². The quantitative estimate of drug-likeness (QED) is 0.768. The second kappa shape index (κ2) is 7.64. The van der Waals surface area contributed by atoms with Crippen LogP contribution < -0.4 is 10.6 Å². The molecule has 2 heterocycles. The van der Waals surface area contributed by atoms with Gasteiger partial charge in [0.15, 0.2) is 0 Å². The van der Waals surface area contributed by atoms with Gasteiger partial charge in [-0.15, -0.1) is 0 Å². The molecule has 1 aromatic rings. The molecule has 2 saturated heterocycles. The number of nitrogens with zero attached hydrogens (tertiary/aromatic N) is 2. The molecule has 0 saturated carbocycles. The van der Waals surface area contributed by atoms with Gasteiger partial charge >= 0.3 is 6.03 Å². The number of likely N-dealkylation sites (tertiary alicyclic amines) is 1. The molecule has 0 aromatic heterocycles. The number of halogens is 1. The predicted octanol–water partition coefficient (Wildman–Crippen LogP) is 1.81. The minimum Gasteiger partial charge on any atom is -0.323 e. The summed E-state index contributed by atoms with van der Waals surface area (Å²) < 4.78 is 13.7. The largest absolute Gasteiger partial charge is 0.325 e. The maximum absolute atomic E-state index is 13.7. The van der Waals surface area contributed by atoms with Gasteiger partial charge in [0.2, 0.25) is 5.91 Å². The summed E-state index contributed by atoms with van der Waals surface area (Å²) in [5.74, 6) is -1.03. The zero-order valence-corrected chi connectivity index (χ0v) is 15.6. The van der Waals surface area contributed by atoms with Gasteiger partial charge in [0.1, 0.15) is 17.9 Å². The molecule has 0 unspecified atom stereocenters. The Hall–Kier alpha value is -2.48. The maximum Gasteiger partial charge on any atom is 0.325 e. The fourth-order valence-corrected chi connectivity index (χ4v) is 3.69. The third-order valence-corrected chi connectivity index (χ3v) is 5.03. The first-order valence-corrected chi connectivity index (χ1v) is 9.21. The minimum absolute atomic E-state index is 0.0197. The molecule has 2 aliphatic rings. The van der Waals surface area contributed by atoms with Crippen LogP contribution in [0.25, 0.3) is 0 Å². The number of hydrogen-bond acceptors (Lipinski definition) is 4. The van der Waals surface area contributed by atoms with Crippen molar-refractivity contribution < 1.29 is 18.8 Å². The summed E-state index contributed by atoms with van der Waals surface area (Å²) in [5, 5.41) is 5.18. The van der Waals surface area contributed by atoms with Gasteiger partial charge in [0.25, 0.3) is 5.91 Å². The Morgan fingerprint density at radius 1 is 1.26 bits per heavy atom. The zero-order valence-electron chi connectivity index (χ0n) is 15.6. The lowest BCUT2D eigenvalue weighted by molar-refractivity contribution is -0.135. The number of rotatable bonds is 5. The summed E-state index contributed by atoms with van der Waals surface area (Å²) in [6.45, 7) is 6.24. The van der Waals surface area contributed by atoms with Crippen LogP contribution in [0.15, 0.2) is 24.3 Å². The third-order valence-electron chi connectivity index (χ3n) is 5.03. The van der Waals surface area contributed by atoms with Crippen LogP contribution in [-0.2, 0) is 9.59 Å². The monoisotopic (exact) mass is 376 g/mol. The smallest absolute Gasteiger partial charge is 0.323 e. The van der Waals surface area contributed by atoms with Crippen molar-refractivity contribution in [3.8, 4) is 0 Å². The van der Waals surface area contributed by atoms with E-state index in [1.165, 1.54) is 18.2 Å². The van der Waals surface area contributed by atoms with Crippen LogP contribution in [0.1, 0.15) is 26.7 Å². The molecule has 0 bridgehead atoms. The first kappa shape index (κ1) is 19.3. The van der Waals surface area contributed by atoms with E-state index in [9.17, 15) is 18.8 Å². The number of anilines is 1. The maximum atomic E-state index is 13.7. The van der Waals surface area contributed by atoms with E-state index >= 15 is 0 Å². The summed E-state index contributed by atoms with van der Waals surface area (Å²) in [7, 11) is 0. The van der Waals surface area contributed by atoms with E-state index in [1.807, 2.05) is 0 Å². The number of para-hydroxylation sites is 1. The average Bonchev–Trinajstić information content (AvgIpc) is 2.83. The van der Waals surface area contributed by atoms with Crippen LogP contribution in [0.3, 0.4) is 0 Å². The molecule has 1 spiro atoms. The van der Waals surface area contributed by atoms with Crippen molar-refractivity contribution in [2.24, 2.45) is 5.92 Å². The molecule has 2 fully saturated rings. The molecule has 2 N–H and O–H groups in total. The van der Waals surface area contributed by atoms with Gasteiger partial charge in [-0.3, -0.25) is 14.5 Å². The Balaban J connectivity index is 1.61. The van der Waals surface area contributed by atoms with Crippen molar-refractivity contribution in [1.29, 1.82) is 0 Å². The number of nitrogens with one attached hydrogen (secondary N) is 2. The van der Waals surface area contributed by atoms with Gasteiger partial charge in [-0.05, 0) is 30.9 Å². The summed E-state index contributed by atoms with van der Waals surface area (Å²) >= 11 is 0. The van der Waals surface area contributed by atoms with Crippen LogP contribution in [-0.4, -0.2) is 59.4 Å². The lowest BCUT2D eigenvalue weighted by atomic mass is 9.87. The number of benzene rings is 1. The van der Waals surface area contributed by atoms with Gasteiger partial charge in [0, 0.05) is 19.6 Å².